The van der Waals surface area contributed by atoms with E-state index in [9.17, 15) is 5.11 Å². The van der Waals surface area contributed by atoms with Crippen molar-refractivity contribution < 1.29 is 9.84 Å². The van der Waals surface area contributed by atoms with Crippen molar-refractivity contribution in [1.29, 1.82) is 0 Å². The summed E-state index contributed by atoms with van der Waals surface area (Å²) in [4.78, 5) is 0. The predicted octanol–water partition coefficient (Wildman–Crippen LogP) is 2.89. The fraction of sp³-hybridized carbons (Fsp3) is 0.600. The van der Waals surface area contributed by atoms with E-state index >= 15 is 0 Å². The highest BCUT2D eigenvalue weighted by molar-refractivity contribution is 5.26. The number of ether oxygens (including phenoxy) is 1. The molecule has 1 aromatic carbocycles. The van der Waals surface area contributed by atoms with Crippen molar-refractivity contribution in [1.82, 2.24) is 0 Å². The number of aliphatic hydroxyl groups is 1. The van der Waals surface area contributed by atoms with Gasteiger partial charge in [-0.25, -0.2) is 0 Å². The lowest BCUT2D eigenvalue weighted by Gasteiger charge is -2.26. The SMILES string of the molecule is CC(C)c1ccc(CC2(O)CCOC2C)cc1. The third-order valence-electron chi connectivity index (χ3n) is 3.82. The van der Waals surface area contributed by atoms with Crippen LogP contribution in [0.1, 0.15) is 44.2 Å². The Morgan fingerprint density at radius 2 is 2.00 bits per heavy atom. The molecule has 0 radical (unpaired) electrons. The smallest absolute Gasteiger partial charge is 0.0967 e. The molecule has 0 bridgehead atoms. The molecule has 0 amide bonds. The van der Waals surface area contributed by atoms with Crippen molar-refractivity contribution >= 4 is 0 Å². The van der Waals surface area contributed by atoms with Crippen LogP contribution in [0.2, 0.25) is 0 Å². The predicted molar refractivity (Wildman–Crippen MR) is 69.2 cm³/mol. The van der Waals surface area contributed by atoms with Gasteiger partial charge in [-0.05, 0) is 24.0 Å². The molecule has 17 heavy (non-hydrogen) atoms. The van der Waals surface area contributed by atoms with E-state index < -0.39 is 5.60 Å². The number of rotatable bonds is 3. The summed E-state index contributed by atoms with van der Waals surface area (Å²) >= 11 is 0. The zero-order chi connectivity index (χ0) is 12.5. The lowest BCUT2D eigenvalue weighted by molar-refractivity contribution is -0.0268. The van der Waals surface area contributed by atoms with Gasteiger partial charge in [-0.1, -0.05) is 38.1 Å². The lowest BCUT2D eigenvalue weighted by Crippen LogP contribution is -2.38. The monoisotopic (exact) mass is 234 g/mol. The van der Waals surface area contributed by atoms with Gasteiger partial charge in [0.1, 0.15) is 0 Å². The average Bonchev–Trinajstić information content (AvgIpc) is 2.60. The molecule has 1 aliphatic heterocycles. The quantitative estimate of drug-likeness (QED) is 0.871. The van der Waals surface area contributed by atoms with Crippen molar-refractivity contribution in [3.63, 3.8) is 0 Å². The van der Waals surface area contributed by atoms with Crippen LogP contribution in [-0.2, 0) is 11.2 Å². The van der Waals surface area contributed by atoms with Gasteiger partial charge in [0, 0.05) is 19.4 Å². The zero-order valence-corrected chi connectivity index (χ0v) is 10.9. The topological polar surface area (TPSA) is 29.5 Å². The first-order chi connectivity index (χ1) is 8.01. The fourth-order valence-electron chi connectivity index (χ4n) is 2.38. The van der Waals surface area contributed by atoms with Crippen LogP contribution in [0, 0.1) is 0 Å². The summed E-state index contributed by atoms with van der Waals surface area (Å²) in [5.74, 6) is 0.556. The van der Waals surface area contributed by atoms with Gasteiger partial charge in [0.25, 0.3) is 0 Å². The molecule has 2 atom stereocenters. The summed E-state index contributed by atoms with van der Waals surface area (Å²) in [5, 5.41) is 10.5. The number of benzene rings is 1. The molecule has 1 aliphatic rings. The molecule has 2 unspecified atom stereocenters. The summed E-state index contributed by atoms with van der Waals surface area (Å²) in [5.41, 5.74) is 1.85. The highest BCUT2D eigenvalue weighted by atomic mass is 16.5. The summed E-state index contributed by atoms with van der Waals surface area (Å²) in [6, 6.07) is 8.56. The molecular formula is C15H22O2. The minimum Gasteiger partial charge on any atom is -0.387 e. The first-order valence-electron chi connectivity index (χ1n) is 6.44. The van der Waals surface area contributed by atoms with Gasteiger partial charge in [0.05, 0.1) is 11.7 Å². The van der Waals surface area contributed by atoms with Crippen LogP contribution in [0.15, 0.2) is 24.3 Å². The van der Waals surface area contributed by atoms with Crippen LogP contribution in [0.25, 0.3) is 0 Å². The fourth-order valence-corrected chi connectivity index (χ4v) is 2.38. The van der Waals surface area contributed by atoms with Gasteiger partial charge in [-0.15, -0.1) is 0 Å². The molecule has 2 heteroatoms. The first kappa shape index (κ1) is 12.6. The second-order valence-electron chi connectivity index (χ2n) is 5.44. The minimum absolute atomic E-state index is 0.0627. The van der Waals surface area contributed by atoms with Crippen LogP contribution in [0.5, 0.6) is 0 Å². The van der Waals surface area contributed by atoms with E-state index in [-0.39, 0.29) is 6.10 Å². The Balaban J connectivity index is 2.08. The Kier molecular flexibility index (Phi) is 3.55. The Morgan fingerprint density at radius 1 is 1.35 bits per heavy atom. The van der Waals surface area contributed by atoms with Crippen LogP contribution in [0.3, 0.4) is 0 Å². The molecule has 2 rings (SSSR count). The summed E-state index contributed by atoms with van der Waals surface area (Å²) in [7, 11) is 0. The molecule has 1 heterocycles. The first-order valence-corrected chi connectivity index (χ1v) is 6.44. The number of hydrogen-bond donors (Lipinski definition) is 1. The van der Waals surface area contributed by atoms with Crippen LogP contribution < -0.4 is 0 Å². The molecule has 0 aliphatic carbocycles. The average molecular weight is 234 g/mol. The highest BCUT2D eigenvalue weighted by Gasteiger charge is 2.39. The summed E-state index contributed by atoms with van der Waals surface area (Å²) in [6.07, 6.45) is 1.36. The molecule has 0 spiro atoms. The van der Waals surface area contributed by atoms with Crippen LogP contribution in [-0.4, -0.2) is 23.4 Å². The molecular weight excluding hydrogens is 212 g/mol. The van der Waals surface area contributed by atoms with Crippen molar-refractivity contribution in [2.75, 3.05) is 6.61 Å². The van der Waals surface area contributed by atoms with Gasteiger partial charge in [0.15, 0.2) is 0 Å². The van der Waals surface area contributed by atoms with E-state index in [1.54, 1.807) is 0 Å². The van der Waals surface area contributed by atoms with Gasteiger partial charge < -0.3 is 9.84 Å². The second kappa shape index (κ2) is 4.79. The van der Waals surface area contributed by atoms with Crippen molar-refractivity contribution in [3.05, 3.63) is 35.4 Å². The molecule has 0 aromatic heterocycles. The largest absolute Gasteiger partial charge is 0.387 e. The van der Waals surface area contributed by atoms with Crippen molar-refractivity contribution in [2.45, 2.75) is 51.2 Å². The van der Waals surface area contributed by atoms with E-state index in [0.717, 1.165) is 6.42 Å². The Hall–Kier alpha value is -0.860. The van der Waals surface area contributed by atoms with E-state index in [1.807, 2.05) is 6.92 Å². The van der Waals surface area contributed by atoms with Crippen LogP contribution in [0.4, 0.5) is 0 Å². The highest BCUT2D eigenvalue weighted by Crippen LogP contribution is 2.29. The maximum Gasteiger partial charge on any atom is 0.0967 e. The van der Waals surface area contributed by atoms with E-state index in [4.69, 9.17) is 4.74 Å². The van der Waals surface area contributed by atoms with Gasteiger partial charge in [-0.3, -0.25) is 0 Å². The molecule has 1 aromatic rings. The van der Waals surface area contributed by atoms with Crippen LogP contribution >= 0.6 is 0 Å². The van der Waals surface area contributed by atoms with Gasteiger partial charge in [0.2, 0.25) is 0 Å². The lowest BCUT2D eigenvalue weighted by atomic mass is 9.88. The van der Waals surface area contributed by atoms with Gasteiger partial charge >= 0.3 is 0 Å². The molecule has 1 saturated heterocycles. The molecule has 0 saturated carbocycles. The maximum absolute atomic E-state index is 10.5. The molecule has 94 valence electrons. The number of hydrogen-bond acceptors (Lipinski definition) is 2. The van der Waals surface area contributed by atoms with E-state index in [2.05, 4.69) is 38.1 Å². The van der Waals surface area contributed by atoms with E-state index in [1.165, 1.54) is 11.1 Å². The normalized spacial score (nSPS) is 28.9. The minimum atomic E-state index is -0.681. The molecule has 2 nitrogen and oxygen atoms in total. The Labute approximate surface area is 104 Å². The Morgan fingerprint density at radius 3 is 2.47 bits per heavy atom. The molecule has 1 N–H and O–H groups in total. The third kappa shape index (κ3) is 2.70. The maximum atomic E-state index is 10.5. The second-order valence-corrected chi connectivity index (χ2v) is 5.44. The Bertz CT molecular complexity index is 369. The summed E-state index contributed by atoms with van der Waals surface area (Å²) < 4.78 is 5.45. The standard InChI is InChI=1S/C15H22O2/c1-11(2)14-6-4-13(5-7-14)10-15(16)8-9-17-12(15)3/h4-7,11-12,16H,8-10H2,1-3H3. The van der Waals surface area contributed by atoms with Crippen molar-refractivity contribution in [2.24, 2.45) is 0 Å². The third-order valence-corrected chi connectivity index (χ3v) is 3.82. The zero-order valence-electron chi connectivity index (χ0n) is 10.9. The van der Waals surface area contributed by atoms with Gasteiger partial charge in [-0.2, -0.15) is 0 Å². The van der Waals surface area contributed by atoms with Crippen molar-refractivity contribution in [3.8, 4) is 0 Å². The molecule has 1 fully saturated rings. The summed E-state index contributed by atoms with van der Waals surface area (Å²) in [6.45, 7) is 7.00. The van der Waals surface area contributed by atoms with E-state index in [0.29, 0.717) is 18.9 Å².